The first-order valence-corrected chi connectivity index (χ1v) is 7.83. The third-order valence-electron chi connectivity index (χ3n) is 3.79. The van der Waals surface area contributed by atoms with E-state index in [1.807, 2.05) is 60.7 Å². The van der Waals surface area contributed by atoms with Crippen molar-refractivity contribution in [3.05, 3.63) is 84.8 Å². The van der Waals surface area contributed by atoms with Gasteiger partial charge in [-0.05, 0) is 12.1 Å². The van der Waals surface area contributed by atoms with Crippen molar-refractivity contribution in [1.29, 1.82) is 0 Å². The average molecular weight is 326 g/mol. The van der Waals surface area contributed by atoms with Crippen LogP contribution in [0.2, 0.25) is 0 Å². The van der Waals surface area contributed by atoms with E-state index in [0.29, 0.717) is 17.1 Å². The number of hydrogen-bond donors (Lipinski definition) is 1. The van der Waals surface area contributed by atoms with Crippen molar-refractivity contribution in [2.24, 2.45) is 0 Å². The van der Waals surface area contributed by atoms with E-state index < -0.39 is 0 Å². The second kappa shape index (κ2) is 6.49. The van der Waals surface area contributed by atoms with E-state index in [9.17, 15) is 4.79 Å². The molecule has 0 aliphatic rings. The summed E-state index contributed by atoms with van der Waals surface area (Å²) in [6.07, 6.45) is 4.69. The van der Waals surface area contributed by atoms with Gasteiger partial charge in [-0.2, -0.15) is 0 Å². The number of aromatic nitrogens is 3. The highest BCUT2D eigenvalue weighted by molar-refractivity contribution is 6.04. The van der Waals surface area contributed by atoms with Gasteiger partial charge in [-0.25, -0.2) is 9.97 Å². The lowest BCUT2D eigenvalue weighted by Gasteiger charge is -2.06. The number of anilines is 1. The Morgan fingerprint density at radius 2 is 1.52 bits per heavy atom. The Balaban J connectivity index is 1.54. The summed E-state index contributed by atoms with van der Waals surface area (Å²) in [7, 11) is 0. The molecule has 0 radical (unpaired) electrons. The quantitative estimate of drug-likeness (QED) is 0.619. The van der Waals surface area contributed by atoms with Crippen LogP contribution >= 0.6 is 0 Å². The summed E-state index contributed by atoms with van der Waals surface area (Å²) in [5.41, 5.74) is 2.83. The monoisotopic (exact) mass is 326 g/mol. The van der Waals surface area contributed by atoms with E-state index in [2.05, 4.69) is 20.3 Å². The van der Waals surface area contributed by atoms with Crippen LogP contribution in [0.15, 0.2) is 79.3 Å². The van der Waals surface area contributed by atoms with Crippen molar-refractivity contribution < 1.29 is 4.79 Å². The minimum atomic E-state index is -0.267. The van der Waals surface area contributed by atoms with Gasteiger partial charge < -0.3 is 5.32 Å². The van der Waals surface area contributed by atoms with Crippen molar-refractivity contribution >= 4 is 22.5 Å². The Hall–Kier alpha value is -3.60. The fourth-order valence-electron chi connectivity index (χ4n) is 2.52. The fraction of sp³-hybridized carbons (Fsp3) is 0. The molecule has 1 amide bonds. The summed E-state index contributed by atoms with van der Waals surface area (Å²) in [4.78, 5) is 25.3. The molecule has 0 saturated carbocycles. The number of carbonyl (C=O) groups excluding carboxylic acids is 1. The Morgan fingerprint density at radius 1 is 0.800 bits per heavy atom. The zero-order chi connectivity index (χ0) is 17.1. The van der Waals surface area contributed by atoms with Crippen LogP contribution in [-0.4, -0.2) is 20.9 Å². The van der Waals surface area contributed by atoms with E-state index in [-0.39, 0.29) is 5.91 Å². The minimum Gasteiger partial charge on any atom is -0.320 e. The highest BCUT2D eigenvalue weighted by atomic mass is 16.1. The van der Waals surface area contributed by atoms with Crippen molar-refractivity contribution in [2.45, 2.75) is 0 Å². The smallest absolute Gasteiger partial charge is 0.258 e. The van der Waals surface area contributed by atoms with Crippen LogP contribution in [0.1, 0.15) is 10.4 Å². The molecule has 4 rings (SSSR count). The van der Waals surface area contributed by atoms with Gasteiger partial charge in [0.2, 0.25) is 0 Å². The summed E-state index contributed by atoms with van der Waals surface area (Å²) < 4.78 is 0. The molecule has 0 fully saturated rings. The molecule has 0 spiro atoms. The largest absolute Gasteiger partial charge is 0.320 e. The lowest BCUT2D eigenvalue weighted by molar-refractivity contribution is 0.102. The maximum atomic E-state index is 12.4. The van der Waals surface area contributed by atoms with Crippen molar-refractivity contribution in [2.75, 3.05) is 5.32 Å². The molecule has 1 N–H and O–H groups in total. The minimum absolute atomic E-state index is 0.267. The molecule has 4 aromatic rings. The number of fused-ring (bicyclic) bond motifs is 1. The zero-order valence-corrected chi connectivity index (χ0v) is 13.3. The highest BCUT2D eigenvalue weighted by Crippen LogP contribution is 2.17. The molecule has 0 bridgehead atoms. The van der Waals surface area contributed by atoms with Gasteiger partial charge in [-0.15, -0.1) is 0 Å². The van der Waals surface area contributed by atoms with E-state index in [1.165, 1.54) is 12.4 Å². The SMILES string of the molecule is O=C(Nc1cnc2ccccc2c1)c1cnc(-c2ccccc2)nc1. The number of pyridine rings is 1. The first kappa shape index (κ1) is 15.0. The average Bonchev–Trinajstić information content (AvgIpc) is 2.69. The predicted octanol–water partition coefficient (Wildman–Crippen LogP) is 3.94. The second-order valence-corrected chi connectivity index (χ2v) is 5.53. The number of para-hydroxylation sites is 1. The fourth-order valence-corrected chi connectivity index (χ4v) is 2.52. The van der Waals surface area contributed by atoms with E-state index in [1.54, 1.807) is 6.20 Å². The topological polar surface area (TPSA) is 67.8 Å². The second-order valence-electron chi connectivity index (χ2n) is 5.53. The van der Waals surface area contributed by atoms with Crippen LogP contribution in [-0.2, 0) is 0 Å². The molecule has 0 atom stereocenters. The predicted molar refractivity (Wildman–Crippen MR) is 97.2 cm³/mol. The van der Waals surface area contributed by atoms with Crippen LogP contribution in [0.3, 0.4) is 0 Å². The first-order valence-electron chi connectivity index (χ1n) is 7.83. The molecule has 2 aromatic heterocycles. The number of nitrogens with one attached hydrogen (secondary N) is 1. The van der Waals surface area contributed by atoms with Crippen molar-refractivity contribution in [1.82, 2.24) is 15.0 Å². The number of amides is 1. The van der Waals surface area contributed by atoms with Gasteiger partial charge in [0.1, 0.15) is 0 Å². The third-order valence-corrected chi connectivity index (χ3v) is 3.79. The lowest BCUT2D eigenvalue weighted by atomic mass is 10.2. The molecule has 2 heterocycles. The van der Waals surface area contributed by atoms with E-state index >= 15 is 0 Å². The Bertz CT molecular complexity index is 1030. The summed E-state index contributed by atoms with van der Waals surface area (Å²) in [6, 6.07) is 19.3. The van der Waals surface area contributed by atoms with Gasteiger partial charge in [-0.1, -0.05) is 48.5 Å². The normalized spacial score (nSPS) is 10.6. The molecule has 0 aliphatic carbocycles. The van der Waals surface area contributed by atoms with Crippen LogP contribution < -0.4 is 5.32 Å². The lowest BCUT2D eigenvalue weighted by Crippen LogP contribution is -2.13. The highest BCUT2D eigenvalue weighted by Gasteiger charge is 2.09. The maximum Gasteiger partial charge on any atom is 0.258 e. The summed E-state index contributed by atoms with van der Waals surface area (Å²) in [6.45, 7) is 0. The number of nitrogens with zero attached hydrogens (tertiary/aromatic N) is 3. The molecule has 2 aromatic carbocycles. The number of rotatable bonds is 3. The molecule has 0 saturated heterocycles. The number of benzene rings is 2. The van der Waals surface area contributed by atoms with Gasteiger partial charge >= 0.3 is 0 Å². The van der Waals surface area contributed by atoms with Crippen LogP contribution in [0.5, 0.6) is 0 Å². The van der Waals surface area contributed by atoms with Gasteiger partial charge in [0.05, 0.1) is 23.0 Å². The van der Waals surface area contributed by atoms with E-state index in [4.69, 9.17) is 0 Å². The first-order chi connectivity index (χ1) is 12.3. The Labute approximate surface area is 144 Å². The van der Waals surface area contributed by atoms with Gasteiger partial charge in [0.15, 0.2) is 5.82 Å². The summed E-state index contributed by atoms with van der Waals surface area (Å²) >= 11 is 0. The van der Waals surface area contributed by atoms with Gasteiger partial charge in [0, 0.05) is 23.3 Å². The molecule has 0 aliphatic heterocycles. The van der Waals surface area contributed by atoms with Crippen LogP contribution in [0.4, 0.5) is 5.69 Å². The Morgan fingerprint density at radius 3 is 2.32 bits per heavy atom. The van der Waals surface area contributed by atoms with Crippen LogP contribution in [0.25, 0.3) is 22.3 Å². The molecule has 5 heteroatoms. The molecular weight excluding hydrogens is 312 g/mol. The van der Waals surface area contributed by atoms with Gasteiger partial charge in [-0.3, -0.25) is 9.78 Å². The van der Waals surface area contributed by atoms with Gasteiger partial charge in [0.25, 0.3) is 5.91 Å². The molecule has 25 heavy (non-hydrogen) atoms. The van der Waals surface area contributed by atoms with E-state index in [0.717, 1.165) is 16.5 Å². The summed E-state index contributed by atoms with van der Waals surface area (Å²) in [5, 5.41) is 3.80. The van der Waals surface area contributed by atoms with Crippen molar-refractivity contribution in [3.8, 4) is 11.4 Å². The molecule has 120 valence electrons. The van der Waals surface area contributed by atoms with Crippen LogP contribution in [0, 0.1) is 0 Å². The molecular formula is C20H14N4O. The summed E-state index contributed by atoms with van der Waals surface area (Å²) in [5.74, 6) is 0.321. The van der Waals surface area contributed by atoms with Crippen molar-refractivity contribution in [3.63, 3.8) is 0 Å². The number of carbonyl (C=O) groups is 1. The maximum absolute atomic E-state index is 12.4. The standard InChI is InChI=1S/C20H14N4O/c25-20(24-17-10-15-8-4-5-9-18(15)21-13-17)16-11-22-19(23-12-16)14-6-2-1-3-7-14/h1-13H,(H,24,25). The molecule has 0 unspecified atom stereocenters. The number of hydrogen-bond acceptors (Lipinski definition) is 4. The molecule has 5 nitrogen and oxygen atoms in total. The Kier molecular flexibility index (Phi) is 3.88. The third kappa shape index (κ3) is 3.21. The zero-order valence-electron chi connectivity index (χ0n) is 13.3.